The Morgan fingerprint density at radius 3 is 2.61 bits per heavy atom. The van der Waals surface area contributed by atoms with E-state index in [1.165, 1.54) is 11.3 Å². The molecule has 2 heterocycles. The fourth-order valence-electron chi connectivity index (χ4n) is 2.89. The summed E-state index contributed by atoms with van der Waals surface area (Å²) in [5, 5.41) is 10.9. The molecule has 8 nitrogen and oxygen atoms in total. The Labute approximate surface area is 189 Å². The van der Waals surface area contributed by atoms with E-state index in [4.69, 9.17) is 22.7 Å². The number of nitrogens with two attached hydrogens (primary N) is 1. The Hall–Kier alpha value is -3.24. The maximum Gasteiger partial charge on any atom is 0.341 e. The van der Waals surface area contributed by atoms with E-state index in [0.717, 1.165) is 10.4 Å². The molecule has 1 amide bonds. The number of thiocarbonyl (C=S) groups is 1. The molecule has 3 rings (SSSR count). The lowest BCUT2D eigenvalue weighted by Gasteiger charge is -2.10. The van der Waals surface area contributed by atoms with Gasteiger partial charge in [0.05, 0.1) is 17.9 Å². The summed E-state index contributed by atoms with van der Waals surface area (Å²) >= 11 is 6.82. The standard InChI is InChI=1S/C21H23N5O3S2/c1-3-26-12-16(17(25-26)18(22)27)23-21(30)24-19-15(20(28)29-4-2)11-14(31-19)10-13-8-6-5-7-9-13/h5-9,11-12H,3-4,10H2,1-2H3,(H2,22,27)(H2,23,24,30). The number of rotatable bonds is 8. The monoisotopic (exact) mass is 457 g/mol. The molecule has 0 radical (unpaired) electrons. The zero-order chi connectivity index (χ0) is 22.4. The number of esters is 1. The molecule has 31 heavy (non-hydrogen) atoms. The Balaban J connectivity index is 1.82. The van der Waals surface area contributed by atoms with E-state index in [9.17, 15) is 9.59 Å². The molecule has 0 bridgehead atoms. The predicted octanol–water partition coefficient (Wildman–Crippen LogP) is 3.64. The Bertz CT molecular complexity index is 1090. The second-order valence-electron chi connectivity index (χ2n) is 6.53. The highest BCUT2D eigenvalue weighted by molar-refractivity contribution is 7.80. The van der Waals surface area contributed by atoms with Crippen LogP contribution in [0.2, 0.25) is 0 Å². The van der Waals surface area contributed by atoms with Crippen LogP contribution in [0, 0.1) is 0 Å². The van der Waals surface area contributed by atoms with E-state index < -0.39 is 11.9 Å². The Kier molecular flexibility index (Phi) is 7.37. The van der Waals surface area contributed by atoms with Crippen LogP contribution in [0.3, 0.4) is 0 Å². The zero-order valence-electron chi connectivity index (χ0n) is 17.2. The number of carbonyl (C=O) groups excluding carboxylic acids is 2. The first kappa shape index (κ1) is 22.4. The molecule has 0 aliphatic carbocycles. The first-order valence-corrected chi connectivity index (χ1v) is 10.9. The van der Waals surface area contributed by atoms with Gasteiger partial charge in [-0.2, -0.15) is 5.10 Å². The second-order valence-corrected chi connectivity index (χ2v) is 8.07. The summed E-state index contributed by atoms with van der Waals surface area (Å²) in [6, 6.07) is 11.8. The summed E-state index contributed by atoms with van der Waals surface area (Å²) in [6.07, 6.45) is 2.32. The van der Waals surface area contributed by atoms with Gasteiger partial charge in [-0.3, -0.25) is 9.48 Å². The third-order valence-corrected chi connectivity index (χ3v) is 5.55. The number of aromatic nitrogens is 2. The molecule has 3 aromatic rings. The van der Waals surface area contributed by atoms with E-state index >= 15 is 0 Å². The van der Waals surface area contributed by atoms with Gasteiger partial charge < -0.3 is 21.1 Å². The number of anilines is 2. The normalized spacial score (nSPS) is 10.5. The molecule has 0 unspecified atom stereocenters. The number of thiophene rings is 1. The summed E-state index contributed by atoms with van der Waals surface area (Å²) in [4.78, 5) is 25.1. The van der Waals surface area contributed by atoms with Gasteiger partial charge in [0.2, 0.25) is 0 Å². The number of aryl methyl sites for hydroxylation is 1. The van der Waals surface area contributed by atoms with E-state index in [0.29, 0.717) is 29.2 Å². The molecule has 0 atom stereocenters. The second kappa shape index (κ2) is 10.2. The van der Waals surface area contributed by atoms with Gasteiger partial charge >= 0.3 is 5.97 Å². The van der Waals surface area contributed by atoms with Gasteiger partial charge in [0, 0.05) is 24.0 Å². The number of hydrogen-bond donors (Lipinski definition) is 3. The van der Waals surface area contributed by atoms with Crippen LogP contribution < -0.4 is 16.4 Å². The molecule has 0 aliphatic rings. The number of nitrogens with one attached hydrogen (secondary N) is 2. The van der Waals surface area contributed by atoms with Gasteiger partial charge in [0.15, 0.2) is 10.8 Å². The van der Waals surface area contributed by atoms with Crippen molar-refractivity contribution in [1.29, 1.82) is 0 Å². The lowest BCUT2D eigenvalue weighted by molar-refractivity contribution is 0.0528. The number of ether oxygens (including phenoxy) is 1. The van der Waals surface area contributed by atoms with E-state index in [1.54, 1.807) is 17.8 Å². The van der Waals surface area contributed by atoms with Crippen LogP contribution >= 0.6 is 23.6 Å². The third-order valence-electron chi connectivity index (χ3n) is 4.29. The van der Waals surface area contributed by atoms with Crippen LogP contribution in [0.5, 0.6) is 0 Å². The molecular formula is C21H23N5O3S2. The number of amides is 1. The van der Waals surface area contributed by atoms with Crippen LogP contribution in [0.1, 0.15) is 45.1 Å². The van der Waals surface area contributed by atoms with Crippen LogP contribution in [-0.2, 0) is 17.7 Å². The lowest BCUT2D eigenvalue weighted by Crippen LogP contribution is -2.22. The van der Waals surface area contributed by atoms with Crippen LogP contribution in [0.15, 0.2) is 42.6 Å². The molecule has 2 aromatic heterocycles. The maximum absolute atomic E-state index is 12.5. The predicted molar refractivity (Wildman–Crippen MR) is 126 cm³/mol. The van der Waals surface area contributed by atoms with Crippen molar-refractivity contribution in [1.82, 2.24) is 9.78 Å². The molecule has 10 heteroatoms. The summed E-state index contributed by atoms with van der Waals surface area (Å²) in [5.74, 6) is -1.09. The SMILES string of the molecule is CCOC(=O)c1cc(Cc2ccccc2)sc1NC(=S)Nc1cn(CC)nc1C(N)=O. The van der Waals surface area contributed by atoms with Gasteiger partial charge in [-0.05, 0) is 37.7 Å². The summed E-state index contributed by atoms with van der Waals surface area (Å²) in [7, 11) is 0. The smallest absolute Gasteiger partial charge is 0.341 e. The maximum atomic E-state index is 12.5. The highest BCUT2D eigenvalue weighted by Gasteiger charge is 2.20. The van der Waals surface area contributed by atoms with Crippen LogP contribution in [0.4, 0.5) is 10.7 Å². The molecule has 0 spiro atoms. The van der Waals surface area contributed by atoms with Crippen molar-refractivity contribution < 1.29 is 14.3 Å². The minimum atomic E-state index is -0.661. The number of carbonyl (C=O) groups is 2. The lowest BCUT2D eigenvalue weighted by atomic mass is 10.1. The summed E-state index contributed by atoms with van der Waals surface area (Å²) in [6.45, 7) is 4.49. The number of nitrogens with zero attached hydrogens (tertiary/aromatic N) is 2. The van der Waals surface area contributed by atoms with Gasteiger partial charge in [-0.1, -0.05) is 30.3 Å². The average Bonchev–Trinajstić information content (AvgIpc) is 3.32. The number of primary amides is 1. The van der Waals surface area contributed by atoms with Gasteiger partial charge in [0.1, 0.15) is 5.00 Å². The molecule has 0 saturated heterocycles. The molecule has 4 N–H and O–H groups in total. The number of benzene rings is 1. The molecule has 0 fully saturated rings. The highest BCUT2D eigenvalue weighted by Crippen LogP contribution is 2.31. The Morgan fingerprint density at radius 1 is 1.23 bits per heavy atom. The van der Waals surface area contributed by atoms with Gasteiger partial charge in [-0.25, -0.2) is 4.79 Å². The average molecular weight is 458 g/mol. The first-order chi connectivity index (χ1) is 14.9. The highest BCUT2D eigenvalue weighted by atomic mass is 32.1. The van der Waals surface area contributed by atoms with Crippen LogP contribution in [-0.4, -0.2) is 33.4 Å². The largest absolute Gasteiger partial charge is 0.462 e. The van der Waals surface area contributed by atoms with Crippen molar-refractivity contribution in [2.45, 2.75) is 26.8 Å². The molecule has 0 saturated carbocycles. The van der Waals surface area contributed by atoms with Crippen molar-refractivity contribution in [2.24, 2.45) is 5.73 Å². The van der Waals surface area contributed by atoms with Crippen molar-refractivity contribution in [3.05, 3.63) is 64.3 Å². The quantitative estimate of drug-likeness (QED) is 0.350. The van der Waals surface area contributed by atoms with Gasteiger partial charge in [0.25, 0.3) is 5.91 Å². The van der Waals surface area contributed by atoms with E-state index in [1.807, 2.05) is 43.3 Å². The summed E-state index contributed by atoms with van der Waals surface area (Å²) < 4.78 is 6.77. The van der Waals surface area contributed by atoms with Crippen molar-refractivity contribution >= 4 is 51.2 Å². The zero-order valence-corrected chi connectivity index (χ0v) is 18.8. The van der Waals surface area contributed by atoms with E-state index in [2.05, 4.69) is 15.7 Å². The van der Waals surface area contributed by atoms with Crippen molar-refractivity contribution in [2.75, 3.05) is 17.2 Å². The minimum absolute atomic E-state index is 0.0903. The van der Waals surface area contributed by atoms with Gasteiger partial charge in [-0.15, -0.1) is 11.3 Å². The third kappa shape index (κ3) is 5.68. The van der Waals surface area contributed by atoms with Crippen molar-refractivity contribution in [3.8, 4) is 0 Å². The molecule has 1 aromatic carbocycles. The molecular weight excluding hydrogens is 434 g/mol. The summed E-state index contributed by atoms with van der Waals surface area (Å²) in [5.41, 5.74) is 7.42. The molecule has 0 aliphatic heterocycles. The minimum Gasteiger partial charge on any atom is -0.462 e. The first-order valence-electron chi connectivity index (χ1n) is 9.70. The number of hydrogen-bond acceptors (Lipinski definition) is 6. The van der Waals surface area contributed by atoms with E-state index in [-0.39, 0.29) is 17.4 Å². The fourth-order valence-corrected chi connectivity index (χ4v) is 4.25. The van der Waals surface area contributed by atoms with Crippen LogP contribution in [0.25, 0.3) is 0 Å². The molecule has 162 valence electrons. The topological polar surface area (TPSA) is 111 Å². The van der Waals surface area contributed by atoms with Crippen molar-refractivity contribution in [3.63, 3.8) is 0 Å². The fraction of sp³-hybridized carbons (Fsp3) is 0.238. The Morgan fingerprint density at radius 2 is 1.97 bits per heavy atom.